The van der Waals surface area contributed by atoms with E-state index in [-0.39, 0.29) is 0 Å². The normalized spacial score (nSPS) is 9.27. The van der Waals surface area contributed by atoms with Crippen LogP contribution in [0.25, 0.3) is 0 Å². The largest absolute Gasteiger partial charge is 0.465 e. The summed E-state index contributed by atoms with van der Waals surface area (Å²) in [5.74, 6) is -0.407. The lowest BCUT2D eigenvalue weighted by Gasteiger charge is -1.99. The highest BCUT2D eigenvalue weighted by Crippen LogP contribution is 2.15. The van der Waals surface area contributed by atoms with E-state index in [2.05, 4.69) is 4.74 Å². The Labute approximate surface area is 69.7 Å². The number of hydrogen-bond donors (Lipinski definition) is 0. The molecule has 58 valence electrons. The predicted octanol–water partition coefficient (Wildman–Crippen LogP) is 2.13. The third kappa shape index (κ3) is 1.71. The Balaban J connectivity index is 3.03. The van der Waals surface area contributed by atoms with E-state index in [9.17, 15) is 4.79 Å². The summed E-state index contributed by atoms with van der Waals surface area (Å²) in [4.78, 5) is 10.9. The molecule has 2 nitrogen and oxygen atoms in total. The predicted molar refractivity (Wildman–Crippen MR) is 42.8 cm³/mol. The van der Waals surface area contributed by atoms with Crippen LogP contribution in [0.3, 0.4) is 0 Å². The molecule has 0 fully saturated rings. The lowest BCUT2D eigenvalue weighted by molar-refractivity contribution is 0.0601. The minimum atomic E-state index is -0.407. The maximum Gasteiger partial charge on any atom is 0.339 e. The summed E-state index contributed by atoms with van der Waals surface area (Å²) in [7, 11) is 1.33. The summed E-state index contributed by atoms with van der Waals surface area (Å²) in [6.07, 6.45) is 0. The maximum atomic E-state index is 10.9. The maximum absolute atomic E-state index is 10.9. The molecule has 3 heteroatoms. The zero-order valence-corrected chi connectivity index (χ0v) is 6.76. The molecule has 0 aliphatic rings. The quantitative estimate of drug-likeness (QED) is 0.604. The molecule has 0 N–H and O–H groups in total. The van der Waals surface area contributed by atoms with E-state index in [1.165, 1.54) is 7.11 Å². The van der Waals surface area contributed by atoms with Crippen molar-refractivity contribution in [1.82, 2.24) is 0 Å². The number of esters is 1. The molecule has 1 aromatic rings. The van der Waals surface area contributed by atoms with Gasteiger partial charge in [-0.2, -0.15) is 0 Å². The van der Waals surface area contributed by atoms with Crippen LogP contribution in [-0.4, -0.2) is 13.1 Å². The van der Waals surface area contributed by atoms with Gasteiger partial charge in [-0.3, -0.25) is 0 Å². The molecular formula is C8H7ClO2. The lowest BCUT2D eigenvalue weighted by Crippen LogP contribution is -2.01. The molecule has 0 aliphatic heterocycles. The van der Waals surface area contributed by atoms with Crippen LogP contribution in [-0.2, 0) is 4.74 Å². The second-order valence-corrected chi connectivity index (χ2v) is 2.38. The van der Waals surface area contributed by atoms with Crippen molar-refractivity contribution in [3.05, 3.63) is 34.9 Å². The van der Waals surface area contributed by atoms with Gasteiger partial charge in [0.05, 0.1) is 17.7 Å². The van der Waals surface area contributed by atoms with Crippen LogP contribution in [0.5, 0.6) is 0 Å². The van der Waals surface area contributed by atoms with Crippen LogP contribution in [0.15, 0.2) is 24.3 Å². The molecule has 0 aromatic heterocycles. The molecule has 1 rings (SSSR count). The molecule has 0 radical (unpaired) electrons. The first-order valence-electron chi connectivity index (χ1n) is 3.08. The van der Waals surface area contributed by atoms with Crippen LogP contribution in [0, 0.1) is 0 Å². The van der Waals surface area contributed by atoms with Crippen molar-refractivity contribution in [2.24, 2.45) is 0 Å². The van der Waals surface area contributed by atoms with Gasteiger partial charge in [-0.05, 0) is 12.1 Å². The Morgan fingerprint density at radius 1 is 1.45 bits per heavy atom. The van der Waals surface area contributed by atoms with Crippen LogP contribution < -0.4 is 0 Å². The number of carbonyl (C=O) groups is 1. The molecule has 11 heavy (non-hydrogen) atoms. The number of hydrogen-bond acceptors (Lipinski definition) is 2. The Bertz CT molecular complexity index is 271. The average molecular weight is 171 g/mol. The first-order chi connectivity index (χ1) is 5.25. The van der Waals surface area contributed by atoms with E-state index in [1.807, 2.05) is 0 Å². The van der Waals surface area contributed by atoms with Crippen molar-refractivity contribution in [1.29, 1.82) is 0 Å². The summed E-state index contributed by atoms with van der Waals surface area (Å²) in [6, 6.07) is 6.76. The Hall–Kier alpha value is -1.02. The molecular weight excluding hydrogens is 164 g/mol. The van der Waals surface area contributed by atoms with Crippen LogP contribution in [0.2, 0.25) is 5.02 Å². The first kappa shape index (κ1) is 8.08. The van der Waals surface area contributed by atoms with Gasteiger partial charge in [-0.1, -0.05) is 23.7 Å². The van der Waals surface area contributed by atoms with Gasteiger partial charge in [-0.15, -0.1) is 0 Å². The highest BCUT2D eigenvalue weighted by atomic mass is 35.5. The fourth-order valence-corrected chi connectivity index (χ4v) is 0.950. The smallest absolute Gasteiger partial charge is 0.339 e. The standard InChI is InChI=1S/C8H7ClO2/c1-11-8(10)6-4-2-3-5-7(6)9/h2-5H,1H3. The minimum absolute atomic E-state index is 0.400. The van der Waals surface area contributed by atoms with Gasteiger partial charge in [0, 0.05) is 0 Å². The van der Waals surface area contributed by atoms with Crippen LogP contribution >= 0.6 is 11.6 Å². The Kier molecular flexibility index (Phi) is 2.49. The summed E-state index contributed by atoms with van der Waals surface area (Å²) < 4.78 is 4.49. The van der Waals surface area contributed by atoms with E-state index in [0.29, 0.717) is 10.6 Å². The summed E-state index contributed by atoms with van der Waals surface area (Å²) in [5, 5.41) is 0.416. The molecule has 0 unspecified atom stereocenters. The zero-order valence-electron chi connectivity index (χ0n) is 6.00. The number of benzene rings is 1. The van der Waals surface area contributed by atoms with E-state index in [0.717, 1.165) is 0 Å². The topological polar surface area (TPSA) is 26.3 Å². The molecule has 0 spiro atoms. The number of halogens is 1. The fourth-order valence-electron chi connectivity index (χ4n) is 0.737. The van der Waals surface area contributed by atoms with Gasteiger partial charge < -0.3 is 4.74 Å². The van der Waals surface area contributed by atoms with Gasteiger partial charge >= 0.3 is 5.97 Å². The van der Waals surface area contributed by atoms with Gasteiger partial charge in [-0.25, -0.2) is 4.79 Å². The van der Waals surface area contributed by atoms with Crippen molar-refractivity contribution in [3.63, 3.8) is 0 Å². The van der Waals surface area contributed by atoms with E-state index in [1.54, 1.807) is 24.3 Å². The van der Waals surface area contributed by atoms with Crippen molar-refractivity contribution < 1.29 is 9.53 Å². The van der Waals surface area contributed by atoms with E-state index in [4.69, 9.17) is 11.6 Å². The molecule has 1 aromatic carbocycles. The van der Waals surface area contributed by atoms with Crippen molar-refractivity contribution in [2.45, 2.75) is 0 Å². The molecule has 0 atom stereocenters. The van der Waals surface area contributed by atoms with Gasteiger partial charge in [0.25, 0.3) is 0 Å². The summed E-state index contributed by atoms with van der Waals surface area (Å²) in [6.45, 7) is 0. The van der Waals surface area contributed by atoms with Crippen molar-refractivity contribution >= 4 is 17.6 Å². The lowest BCUT2D eigenvalue weighted by atomic mass is 10.2. The SMILES string of the molecule is COC(=O)c1ccccc1Cl. The van der Waals surface area contributed by atoms with Crippen molar-refractivity contribution in [2.75, 3.05) is 7.11 Å². The summed E-state index contributed by atoms with van der Waals surface area (Å²) >= 11 is 5.70. The third-order valence-electron chi connectivity index (χ3n) is 1.28. The Morgan fingerprint density at radius 3 is 2.64 bits per heavy atom. The number of methoxy groups -OCH3 is 1. The first-order valence-corrected chi connectivity index (χ1v) is 3.46. The molecule has 0 saturated carbocycles. The number of carbonyl (C=O) groups excluding carboxylic acids is 1. The van der Waals surface area contributed by atoms with Crippen LogP contribution in [0.4, 0.5) is 0 Å². The average Bonchev–Trinajstić information content (AvgIpc) is 2.04. The Morgan fingerprint density at radius 2 is 2.09 bits per heavy atom. The second-order valence-electron chi connectivity index (χ2n) is 1.97. The molecule has 0 saturated heterocycles. The minimum Gasteiger partial charge on any atom is -0.465 e. The number of rotatable bonds is 1. The molecule has 0 amide bonds. The molecule has 0 heterocycles. The van der Waals surface area contributed by atoms with Crippen molar-refractivity contribution in [3.8, 4) is 0 Å². The third-order valence-corrected chi connectivity index (χ3v) is 1.61. The summed E-state index contributed by atoms with van der Waals surface area (Å²) in [5.41, 5.74) is 0.400. The highest BCUT2D eigenvalue weighted by molar-refractivity contribution is 6.33. The highest BCUT2D eigenvalue weighted by Gasteiger charge is 2.07. The molecule has 0 aliphatic carbocycles. The van der Waals surface area contributed by atoms with E-state index >= 15 is 0 Å². The van der Waals surface area contributed by atoms with Gasteiger partial charge in [0.2, 0.25) is 0 Å². The second kappa shape index (κ2) is 3.39. The van der Waals surface area contributed by atoms with Gasteiger partial charge in [0.1, 0.15) is 0 Å². The van der Waals surface area contributed by atoms with Crippen LogP contribution in [0.1, 0.15) is 10.4 Å². The fraction of sp³-hybridized carbons (Fsp3) is 0.125. The van der Waals surface area contributed by atoms with Gasteiger partial charge in [0.15, 0.2) is 0 Å². The monoisotopic (exact) mass is 170 g/mol. The zero-order chi connectivity index (χ0) is 8.27. The van der Waals surface area contributed by atoms with E-state index < -0.39 is 5.97 Å². The molecule has 0 bridgehead atoms. The number of ether oxygens (including phenoxy) is 1.